The van der Waals surface area contributed by atoms with Gasteiger partial charge in [-0.3, -0.25) is 10.1 Å². The predicted octanol–water partition coefficient (Wildman–Crippen LogP) is 3.31. The van der Waals surface area contributed by atoms with Crippen molar-refractivity contribution in [2.45, 2.75) is 6.54 Å². The average molecular weight is 310 g/mol. The number of halogens is 1. The Bertz CT molecular complexity index is 580. The molecule has 94 valence electrons. The van der Waals surface area contributed by atoms with Crippen LogP contribution < -0.4 is 5.32 Å². The van der Waals surface area contributed by atoms with Crippen LogP contribution in [0.4, 0.5) is 11.4 Å². The second kappa shape index (κ2) is 5.22. The number of nitro benzene ring substituents is 1. The van der Waals surface area contributed by atoms with Crippen LogP contribution in [0.25, 0.3) is 0 Å². The number of rotatable bonds is 4. The number of nitrogens with zero attached hydrogens (tertiary/aromatic N) is 2. The van der Waals surface area contributed by atoms with E-state index < -0.39 is 4.92 Å². The van der Waals surface area contributed by atoms with Crippen molar-refractivity contribution in [3.63, 3.8) is 0 Å². The standard InChI is InChI=1S/C12H12BrN3O2/c1-15-5-4-9(8-15)7-14-10-2-3-11(13)12(6-10)16(17)18/h2-6,8,14H,7H2,1H3. The molecule has 0 aliphatic carbocycles. The number of anilines is 1. The fourth-order valence-electron chi connectivity index (χ4n) is 1.63. The van der Waals surface area contributed by atoms with Crippen molar-refractivity contribution < 1.29 is 4.92 Å². The molecule has 0 saturated heterocycles. The summed E-state index contributed by atoms with van der Waals surface area (Å²) < 4.78 is 2.44. The molecular weight excluding hydrogens is 298 g/mol. The number of nitrogens with one attached hydrogen (secondary N) is 1. The third kappa shape index (κ3) is 2.89. The minimum Gasteiger partial charge on any atom is -0.381 e. The minimum atomic E-state index is -0.405. The molecule has 2 aromatic rings. The summed E-state index contributed by atoms with van der Waals surface area (Å²) in [6, 6.07) is 7.00. The zero-order valence-electron chi connectivity index (χ0n) is 9.76. The lowest BCUT2D eigenvalue weighted by Gasteiger charge is -2.05. The lowest BCUT2D eigenvalue weighted by molar-refractivity contribution is -0.385. The lowest BCUT2D eigenvalue weighted by Crippen LogP contribution is -1.99. The molecule has 0 fully saturated rings. The summed E-state index contributed by atoms with van der Waals surface area (Å²) in [6.07, 6.45) is 3.96. The van der Waals surface area contributed by atoms with Gasteiger partial charge in [0.05, 0.1) is 9.40 Å². The van der Waals surface area contributed by atoms with E-state index in [0.29, 0.717) is 11.0 Å². The van der Waals surface area contributed by atoms with E-state index in [9.17, 15) is 10.1 Å². The van der Waals surface area contributed by atoms with Crippen molar-refractivity contribution in [2.24, 2.45) is 7.05 Å². The molecule has 1 aromatic heterocycles. The Labute approximate surface area is 113 Å². The van der Waals surface area contributed by atoms with Crippen molar-refractivity contribution in [3.8, 4) is 0 Å². The normalized spacial score (nSPS) is 10.3. The van der Waals surface area contributed by atoms with Crippen LogP contribution in [-0.4, -0.2) is 9.49 Å². The SMILES string of the molecule is Cn1ccc(CNc2ccc(Br)c([N+](=O)[O-])c2)c1. The first-order valence-corrected chi connectivity index (χ1v) is 6.14. The molecule has 0 bridgehead atoms. The van der Waals surface area contributed by atoms with Gasteiger partial charge in [-0.2, -0.15) is 0 Å². The van der Waals surface area contributed by atoms with E-state index in [1.807, 2.05) is 30.1 Å². The van der Waals surface area contributed by atoms with E-state index in [-0.39, 0.29) is 5.69 Å². The number of benzene rings is 1. The molecule has 5 nitrogen and oxygen atoms in total. The molecule has 0 spiro atoms. The maximum absolute atomic E-state index is 10.8. The van der Waals surface area contributed by atoms with Crippen LogP contribution in [0.5, 0.6) is 0 Å². The molecule has 0 aliphatic heterocycles. The van der Waals surface area contributed by atoms with E-state index in [4.69, 9.17) is 0 Å². The lowest BCUT2D eigenvalue weighted by atomic mass is 10.2. The van der Waals surface area contributed by atoms with Crippen molar-refractivity contribution in [1.29, 1.82) is 0 Å². The number of hydrogen-bond acceptors (Lipinski definition) is 3. The third-order valence-electron chi connectivity index (χ3n) is 2.53. The van der Waals surface area contributed by atoms with Gasteiger partial charge in [0.1, 0.15) is 0 Å². The smallest absolute Gasteiger partial charge is 0.285 e. The second-order valence-electron chi connectivity index (χ2n) is 3.96. The largest absolute Gasteiger partial charge is 0.381 e. The first kappa shape index (κ1) is 12.6. The molecule has 0 radical (unpaired) electrons. The summed E-state index contributed by atoms with van der Waals surface area (Å²) in [4.78, 5) is 10.4. The molecular formula is C12H12BrN3O2. The van der Waals surface area contributed by atoms with E-state index in [0.717, 1.165) is 11.3 Å². The number of hydrogen-bond donors (Lipinski definition) is 1. The molecule has 0 unspecified atom stereocenters. The highest BCUT2D eigenvalue weighted by Gasteiger charge is 2.12. The van der Waals surface area contributed by atoms with Gasteiger partial charge in [-0.25, -0.2) is 0 Å². The van der Waals surface area contributed by atoms with Crippen LogP contribution in [-0.2, 0) is 13.6 Å². The Morgan fingerprint density at radius 3 is 2.83 bits per heavy atom. The molecule has 2 rings (SSSR count). The van der Waals surface area contributed by atoms with Crippen LogP contribution in [0.2, 0.25) is 0 Å². The minimum absolute atomic E-state index is 0.0630. The fourth-order valence-corrected chi connectivity index (χ4v) is 2.02. The summed E-state index contributed by atoms with van der Waals surface area (Å²) in [5, 5.41) is 14.0. The molecule has 0 amide bonds. The van der Waals surface area contributed by atoms with Gasteiger partial charge in [0, 0.05) is 37.7 Å². The zero-order chi connectivity index (χ0) is 13.1. The van der Waals surface area contributed by atoms with Gasteiger partial charge in [-0.05, 0) is 39.7 Å². The summed E-state index contributed by atoms with van der Waals surface area (Å²) in [6.45, 7) is 0.639. The van der Waals surface area contributed by atoms with Crippen molar-refractivity contribution in [2.75, 3.05) is 5.32 Å². The molecule has 0 atom stereocenters. The summed E-state index contributed by atoms with van der Waals surface area (Å²) in [5.74, 6) is 0. The summed E-state index contributed by atoms with van der Waals surface area (Å²) in [7, 11) is 1.95. The number of aryl methyl sites for hydroxylation is 1. The van der Waals surface area contributed by atoms with Crippen LogP contribution in [0, 0.1) is 10.1 Å². The fraction of sp³-hybridized carbons (Fsp3) is 0.167. The summed E-state index contributed by atoms with van der Waals surface area (Å²) >= 11 is 3.16. The molecule has 1 aromatic carbocycles. The van der Waals surface area contributed by atoms with E-state index in [1.165, 1.54) is 6.07 Å². The van der Waals surface area contributed by atoms with E-state index in [1.54, 1.807) is 12.1 Å². The van der Waals surface area contributed by atoms with Gasteiger partial charge in [0.2, 0.25) is 0 Å². The van der Waals surface area contributed by atoms with Gasteiger partial charge in [0.15, 0.2) is 0 Å². The second-order valence-corrected chi connectivity index (χ2v) is 4.82. The van der Waals surface area contributed by atoms with Gasteiger partial charge >= 0.3 is 0 Å². The van der Waals surface area contributed by atoms with E-state index >= 15 is 0 Å². The van der Waals surface area contributed by atoms with Crippen LogP contribution in [0.15, 0.2) is 41.1 Å². The van der Waals surface area contributed by atoms with Crippen molar-refractivity contribution in [1.82, 2.24) is 4.57 Å². The van der Waals surface area contributed by atoms with Crippen molar-refractivity contribution in [3.05, 3.63) is 56.8 Å². The van der Waals surface area contributed by atoms with Gasteiger partial charge in [0.25, 0.3) is 5.69 Å². The van der Waals surface area contributed by atoms with Crippen LogP contribution >= 0.6 is 15.9 Å². The van der Waals surface area contributed by atoms with Gasteiger partial charge < -0.3 is 9.88 Å². The molecule has 1 heterocycles. The first-order valence-electron chi connectivity index (χ1n) is 5.35. The third-order valence-corrected chi connectivity index (χ3v) is 3.20. The molecule has 1 N–H and O–H groups in total. The van der Waals surface area contributed by atoms with Crippen LogP contribution in [0.3, 0.4) is 0 Å². The number of nitro groups is 1. The highest BCUT2D eigenvalue weighted by Crippen LogP contribution is 2.27. The average Bonchev–Trinajstić information content (AvgIpc) is 2.74. The topological polar surface area (TPSA) is 60.1 Å². The molecule has 6 heteroatoms. The monoisotopic (exact) mass is 309 g/mol. The summed E-state index contributed by atoms with van der Waals surface area (Å²) in [5.41, 5.74) is 1.92. The Hall–Kier alpha value is -1.82. The van der Waals surface area contributed by atoms with Crippen LogP contribution in [0.1, 0.15) is 5.56 Å². The van der Waals surface area contributed by atoms with Crippen molar-refractivity contribution >= 4 is 27.3 Å². The quantitative estimate of drug-likeness (QED) is 0.696. The Morgan fingerprint density at radius 2 is 2.22 bits per heavy atom. The maximum Gasteiger partial charge on any atom is 0.285 e. The highest BCUT2D eigenvalue weighted by atomic mass is 79.9. The molecule has 0 aliphatic rings. The predicted molar refractivity (Wildman–Crippen MR) is 73.5 cm³/mol. The van der Waals surface area contributed by atoms with Gasteiger partial charge in [-0.15, -0.1) is 0 Å². The van der Waals surface area contributed by atoms with E-state index in [2.05, 4.69) is 21.2 Å². The Morgan fingerprint density at radius 1 is 1.44 bits per heavy atom. The zero-order valence-corrected chi connectivity index (χ0v) is 11.3. The Balaban J connectivity index is 2.10. The molecule has 18 heavy (non-hydrogen) atoms. The highest BCUT2D eigenvalue weighted by molar-refractivity contribution is 9.10. The number of aromatic nitrogens is 1. The Kier molecular flexibility index (Phi) is 3.66. The first-order chi connectivity index (χ1) is 8.56. The van der Waals surface area contributed by atoms with Gasteiger partial charge in [-0.1, -0.05) is 0 Å². The maximum atomic E-state index is 10.8. The molecule has 0 saturated carbocycles.